The van der Waals surface area contributed by atoms with Gasteiger partial charge in [0, 0.05) is 35.6 Å². The summed E-state index contributed by atoms with van der Waals surface area (Å²) in [6, 6.07) is 6.59. The molecule has 0 radical (unpaired) electrons. The Bertz CT molecular complexity index is 737. The lowest BCUT2D eigenvalue weighted by molar-refractivity contribution is -0.137. The van der Waals surface area contributed by atoms with Gasteiger partial charge in [-0.3, -0.25) is 4.79 Å². The molecule has 1 fully saturated rings. The van der Waals surface area contributed by atoms with Gasteiger partial charge in [-0.15, -0.1) is 0 Å². The third-order valence-corrected chi connectivity index (χ3v) is 5.79. The number of piperidine rings is 1. The van der Waals surface area contributed by atoms with Crippen LogP contribution in [0.25, 0.3) is 10.9 Å². The Morgan fingerprint density at radius 1 is 1.22 bits per heavy atom. The standard InChI is InChI=1S/C20H26N2O/c1-13-7-9-22(10-8-13)20(23)15-4-6-19-17(12-15)16-11-14(2)3-5-18(16)21-19/h3,5,11,13,15,21H,4,6-10,12H2,1-2H3. The molecule has 1 unspecified atom stereocenters. The summed E-state index contributed by atoms with van der Waals surface area (Å²) >= 11 is 0. The first-order chi connectivity index (χ1) is 11.1. The molecule has 1 aliphatic carbocycles. The molecule has 1 N–H and O–H groups in total. The normalized spacial score (nSPS) is 22.3. The molecule has 2 heterocycles. The molecule has 1 atom stereocenters. The average Bonchev–Trinajstić information content (AvgIpc) is 2.92. The Morgan fingerprint density at radius 3 is 2.78 bits per heavy atom. The van der Waals surface area contributed by atoms with Crippen molar-refractivity contribution >= 4 is 16.8 Å². The van der Waals surface area contributed by atoms with Crippen LogP contribution < -0.4 is 0 Å². The van der Waals surface area contributed by atoms with Crippen LogP contribution in [0.2, 0.25) is 0 Å². The highest BCUT2D eigenvalue weighted by Gasteiger charge is 2.31. The second-order valence-corrected chi connectivity index (χ2v) is 7.58. The van der Waals surface area contributed by atoms with E-state index in [1.807, 2.05) is 0 Å². The number of hydrogen-bond acceptors (Lipinski definition) is 1. The maximum atomic E-state index is 12.9. The van der Waals surface area contributed by atoms with Gasteiger partial charge in [-0.2, -0.15) is 0 Å². The van der Waals surface area contributed by atoms with Crippen molar-refractivity contribution in [2.45, 2.75) is 46.0 Å². The van der Waals surface area contributed by atoms with Gasteiger partial charge in [0.1, 0.15) is 0 Å². The largest absolute Gasteiger partial charge is 0.358 e. The Hall–Kier alpha value is -1.77. The fourth-order valence-electron chi connectivity index (χ4n) is 4.23. The second-order valence-electron chi connectivity index (χ2n) is 7.58. The molecule has 1 aliphatic heterocycles. The van der Waals surface area contributed by atoms with E-state index in [0.717, 1.165) is 51.1 Å². The van der Waals surface area contributed by atoms with Crippen molar-refractivity contribution in [3.8, 4) is 0 Å². The Kier molecular flexibility index (Phi) is 3.67. The van der Waals surface area contributed by atoms with Crippen LogP contribution in [0.1, 0.15) is 43.0 Å². The number of likely N-dealkylation sites (tertiary alicyclic amines) is 1. The van der Waals surface area contributed by atoms with Crippen LogP contribution in [-0.2, 0) is 17.6 Å². The van der Waals surface area contributed by atoms with Crippen LogP contribution in [0, 0.1) is 18.8 Å². The van der Waals surface area contributed by atoms with Crippen LogP contribution >= 0.6 is 0 Å². The molecule has 2 aromatic rings. The number of benzene rings is 1. The molecule has 1 aromatic carbocycles. The molecule has 2 aliphatic rings. The van der Waals surface area contributed by atoms with Crippen molar-refractivity contribution in [3.05, 3.63) is 35.0 Å². The topological polar surface area (TPSA) is 36.1 Å². The number of aromatic nitrogens is 1. The monoisotopic (exact) mass is 310 g/mol. The zero-order valence-electron chi connectivity index (χ0n) is 14.2. The number of carbonyl (C=O) groups excluding carboxylic acids is 1. The number of rotatable bonds is 1. The van der Waals surface area contributed by atoms with E-state index >= 15 is 0 Å². The molecule has 1 saturated heterocycles. The predicted molar refractivity (Wildman–Crippen MR) is 93.5 cm³/mol. The van der Waals surface area contributed by atoms with E-state index in [1.54, 1.807) is 0 Å². The van der Waals surface area contributed by atoms with E-state index in [4.69, 9.17) is 0 Å². The van der Waals surface area contributed by atoms with E-state index < -0.39 is 0 Å². The highest BCUT2D eigenvalue weighted by Crippen LogP contribution is 2.33. The van der Waals surface area contributed by atoms with Crippen LogP contribution in [0.5, 0.6) is 0 Å². The third kappa shape index (κ3) is 2.66. The first kappa shape index (κ1) is 14.8. The summed E-state index contributed by atoms with van der Waals surface area (Å²) in [7, 11) is 0. The lowest BCUT2D eigenvalue weighted by Gasteiger charge is -2.34. The molecule has 122 valence electrons. The maximum absolute atomic E-state index is 12.9. The lowest BCUT2D eigenvalue weighted by atomic mass is 9.84. The van der Waals surface area contributed by atoms with Crippen molar-refractivity contribution in [1.29, 1.82) is 0 Å². The van der Waals surface area contributed by atoms with Crippen molar-refractivity contribution in [2.75, 3.05) is 13.1 Å². The molecule has 3 heteroatoms. The summed E-state index contributed by atoms with van der Waals surface area (Å²) in [6.07, 6.45) is 5.23. The summed E-state index contributed by atoms with van der Waals surface area (Å²) < 4.78 is 0. The van der Waals surface area contributed by atoms with E-state index in [-0.39, 0.29) is 5.92 Å². The summed E-state index contributed by atoms with van der Waals surface area (Å²) in [6.45, 7) is 6.34. The number of aromatic amines is 1. The molecule has 0 spiro atoms. The first-order valence-corrected chi connectivity index (χ1v) is 9.00. The summed E-state index contributed by atoms with van der Waals surface area (Å²) in [4.78, 5) is 18.6. The first-order valence-electron chi connectivity index (χ1n) is 9.00. The van der Waals surface area contributed by atoms with E-state index in [2.05, 4.69) is 41.9 Å². The van der Waals surface area contributed by atoms with Gasteiger partial charge in [-0.05, 0) is 62.6 Å². The smallest absolute Gasteiger partial charge is 0.226 e. The van der Waals surface area contributed by atoms with Gasteiger partial charge >= 0.3 is 0 Å². The number of carbonyl (C=O) groups is 1. The van der Waals surface area contributed by atoms with Gasteiger partial charge in [-0.1, -0.05) is 18.6 Å². The molecule has 4 rings (SSSR count). The zero-order chi connectivity index (χ0) is 16.0. The van der Waals surface area contributed by atoms with Gasteiger partial charge in [-0.25, -0.2) is 0 Å². The lowest BCUT2D eigenvalue weighted by Crippen LogP contribution is -2.42. The van der Waals surface area contributed by atoms with Crippen molar-refractivity contribution in [2.24, 2.45) is 11.8 Å². The molecule has 0 bridgehead atoms. The minimum absolute atomic E-state index is 0.176. The van der Waals surface area contributed by atoms with E-state index in [9.17, 15) is 4.79 Å². The highest BCUT2D eigenvalue weighted by atomic mass is 16.2. The summed E-state index contributed by atoms with van der Waals surface area (Å²) in [5.41, 5.74) is 5.25. The fraction of sp³-hybridized carbons (Fsp3) is 0.550. The molecule has 1 amide bonds. The van der Waals surface area contributed by atoms with E-state index in [1.165, 1.54) is 27.7 Å². The molecule has 0 saturated carbocycles. The van der Waals surface area contributed by atoms with Crippen molar-refractivity contribution < 1.29 is 4.79 Å². The van der Waals surface area contributed by atoms with Gasteiger partial charge in [0.05, 0.1) is 0 Å². The second kappa shape index (κ2) is 5.70. The number of hydrogen-bond donors (Lipinski definition) is 1. The van der Waals surface area contributed by atoms with Crippen molar-refractivity contribution in [3.63, 3.8) is 0 Å². The van der Waals surface area contributed by atoms with Gasteiger partial charge in [0.15, 0.2) is 0 Å². The van der Waals surface area contributed by atoms with Gasteiger partial charge in [0.2, 0.25) is 5.91 Å². The number of nitrogens with one attached hydrogen (secondary N) is 1. The molecule has 3 nitrogen and oxygen atoms in total. The third-order valence-electron chi connectivity index (χ3n) is 5.79. The zero-order valence-corrected chi connectivity index (χ0v) is 14.2. The predicted octanol–water partition coefficient (Wildman–Crippen LogP) is 3.84. The Morgan fingerprint density at radius 2 is 2.00 bits per heavy atom. The molecular formula is C20H26N2O. The minimum Gasteiger partial charge on any atom is -0.358 e. The maximum Gasteiger partial charge on any atom is 0.226 e. The fourth-order valence-corrected chi connectivity index (χ4v) is 4.23. The average molecular weight is 310 g/mol. The number of nitrogens with zero attached hydrogens (tertiary/aromatic N) is 1. The quantitative estimate of drug-likeness (QED) is 0.853. The van der Waals surface area contributed by atoms with Crippen LogP contribution in [-0.4, -0.2) is 28.9 Å². The van der Waals surface area contributed by atoms with Gasteiger partial charge < -0.3 is 9.88 Å². The number of aryl methyl sites for hydroxylation is 2. The minimum atomic E-state index is 0.176. The van der Waals surface area contributed by atoms with Crippen molar-refractivity contribution in [1.82, 2.24) is 9.88 Å². The number of H-pyrrole nitrogens is 1. The molecular weight excluding hydrogens is 284 g/mol. The van der Waals surface area contributed by atoms with Crippen LogP contribution in [0.15, 0.2) is 18.2 Å². The van der Waals surface area contributed by atoms with Crippen LogP contribution in [0.3, 0.4) is 0 Å². The highest BCUT2D eigenvalue weighted by molar-refractivity contribution is 5.87. The molecule has 23 heavy (non-hydrogen) atoms. The Labute approximate surface area is 138 Å². The molecule has 1 aromatic heterocycles. The van der Waals surface area contributed by atoms with E-state index in [0.29, 0.717) is 5.91 Å². The Balaban J connectivity index is 1.57. The number of fused-ring (bicyclic) bond motifs is 3. The van der Waals surface area contributed by atoms with Gasteiger partial charge in [0.25, 0.3) is 0 Å². The SMILES string of the molecule is Cc1ccc2[nH]c3c(c2c1)CC(C(=O)N1CCC(C)CC1)CC3. The summed E-state index contributed by atoms with van der Waals surface area (Å²) in [5.74, 6) is 1.34. The number of amides is 1. The van der Waals surface area contributed by atoms with Crippen LogP contribution in [0.4, 0.5) is 0 Å². The summed E-state index contributed by atoms with van der Waals surface area (Å²) in [5, 5.41) is 1.32.